The van der Waals surface area contributed by atoms with Crippen LogP contribution in [0.4, 0.5) is 0 Å². The van der Waals surface area contributed by atoms with Crippen LogP contribution >= 0.6 is 0 Å². The molecule has 1 aliphatic rings. The Hall–Kier alpha value is -1.82. The van der Waals surface area contributed by atoms with Crippen LogP contribution in [-0.2, 0) is 30.8 Å². The van der Waals surface area contributed by atoms with Gasteiger partial charge in [0.1, 0.15) is 0 Å². The van der Waals surface area contributed by atoms with Crippen molar-refractivity contribution in [2.24, 2.45) is 0 Å². The minimum atomic E-state index is 0.897. The number of hydrogen-bond donors (Lipinski definition) is 0. The van der Waals surface area contributed by atoms with Gasteiger partial charge in [-0.15, -0.1) is 0 Å². The van der Waals surface area contributed by atoms with Gasteiger partial charge in [-0.3, -0.25) is 0 Å². The van der Waals surface area contributed by atoms with E-state index in [0.29, 0.717) is 0 Å². The van der Waals surface area contributed by atoms with Gasteiger partial charge in [0.2, 0.25) is 11.4 Å². The van der Waals surface area contributed by atoms with Crippen LogP contribution in [0.2, 0.25) is 9.79 Å². The Morgan fingerprint density at radius 2 is 0.517 bits per heavy atom. The molecular formula is C84H150N2Pd. The molecule has 2 aromatic rings. The fraction of sp³-hybridized carbons (Fsp3) is 0.810. The Balaban J connectivity index is 0.000000712. The normalized spacial score (nSPS) is 12.5. The molecule has 2 aromatic carbocycles. The van der Waals surface area contributed by atoms with E-state index in [2.05, 4.69) is 89.2 Å². The van der Waals surface area contributed by atoms with E-state index in [0.717, 1.165) is 72.6 Å². The summed E-state index contributed by atoms with van der Waals surface area (Å²) in [6.45, 7) is 11.3. The Morgan fingerprint density at radius 1 is 0.276 bits per heavy atom. The Kier molecular flexibility index (Phi) is 60.1. The third-order valence-corrected chi connectivity index (χ3v) is 21.3. The molecule has 0 saturated carbocycles. The van der Waals surface area contributed by atoms with E-state index < -0.39 is 0 Å². The van der Waals surface area contributed by atoms with Gasteiger partial charge in [-0.2, -0.15) is 0 Å². The van der Waals surface area contributed by atoms with Crippen molar-refractivity contribution in [3.05, 3.63) is 88.0 Å². The van der Waals surface area contributed by atoms with E-state index >= 15 is 0 Å². The maximum atomic E-state index is 11.3. The molecule has 506 valence electrons. The third-order valence-electron chi connectivity index (χ3n) is 19.1. The fourth-order valence-corrected chi connectivity index (χ4v) is 15.1. The summed E-state index contributed by atoms with van der Waals surface area (Å²) in [5.41, 5.74) is 19.3. The number of aryl methyl sites for hydroxylation is 2. The molecule has 3 heteroatoms. The second kappa shape index (κ2) is 64.3. The van der Waals surface area contributed by atoms with Gasteiger partial charge >= 0.3 is 169 Å². The molecule has 0 atom stereocenters. The summed E-state index contributed by atoms with van der Waals surface area (Å²) in [7, 11) is 0. The molecule has 87 heavy (non-hydrogen) atoms. The molecule has 1 heterocycles. The van der Waals surface area contributed by atoms with E-state index in [4.69, 9.17) is 0 Å². The predicted molar refractivity (Wildman–Crippen MR) is 389 cm³/mol. The molecule has 0 fully saturated rings. The van der Waals surface area contributed by atoms with Gasteiger partial charge in [-0.25, -0.2) is 4.70 Å². The van der Waals surface area contributed by atoms with Crippen molar-refractivity contribution >= 4 is 11.4 Å². The predicted octanol–water partition coefficient (Wildman–Crippen LogP) is 30.6. The van der Waals surface area contributed by atoms with Crippen LogP contribution in [-0.4, -0.2) is 4.70 Å². The summed E-state index contributed by atoms with van der Waals surface area (Å²) < 4.78 is 1.43. The van der Waals surface area contributed by atoms with Crippen LogP contribution in [0.1, 0.15) is 436 Å². The van der Waals surface area contributed by atoms with E-state index in [1.165, 1.54) is 381 Å². The number of allylic oxidation sites excluding steroid dienone is 2. The van der Waals surface area contributed by atoms with Crippen LogP contribution in [0.25, 0.3) is 16.9 Å². The fourth-order valence-electron chi connectivity index (χ4n) is 13.2. The van der Waals surface area contributed by atoms with Gasteiger partial charge in [0, 0.05) is 22.8 Å². The zero-order valence-electron chi connectivity index (χ0n) is 59.5. The van der Waals surface area contributed by atoms with Gasteiger partial charge < -0.3 is 5.53 Å². The second-order valence-corrected chi connectivity index (χ2v) is 29.9. The van der Waals surface area contributed by atoms with Crippen LogP contribution in [0.15, 0.2) is 60.2 Å². The number of unbranched alkanes of at least 4 members (excludes halogenated alkanes) is 53. The van der Waals surface area contributed by atoms with Gasteiger partial charge in [0.05, 0.1) is 0 Å². The van der Waals surface area contributed by atoms with Crippen molar-refractivity contribution in [3.63, 3.8) is 0 Å². The van der Waals surface area contributed by atoms with Crippen LogP contribution in [0.5, 0.6) is 0 Å². The zero-order valence-corrected chi connectivity index (χ0v) is 61.0. The van der Waals surface area contributed by atoms with Gasteiger partial charge in [-0.05, 0) is 73.9 Å². The average Bonchev–Trinajstić information content (AvgIpc) is 1.79. The minimum absolute atomic E-state index is 0.897. The molecule has 0 aliphatic carbocycles. The first kappa shape index (κ1) is 81.3. The second-order valence-electron chi connectivity index (χ2n) is 27.6. The molecule has 0 N–H and O–H groups in total. The van der Waals surface area contributed by atoms with E-state index in [9.17, 15) is 5.53 Å². The maximum absolute atomic E-state index is 11.3. The van der Waals surface area contributed by atoms with Crippen molar-refractivity contribution in [1.29, 1.82) is 0 Å². The third kappa shape index (κ3) is 48.6. The van der Waals surface area contributed by atoms with Crippen molar-refractivity contribution in [1.82, 2.24) is 0 Å². The standard InChI is InChI=1S/C28H36N2.2C28H57.Pd/c1-4-7-12-22-14-10-17-24(19-22)27-21-26(16-9-6-3)28(30(27)29)25-18-11-15-23(20-25)13-8-5-2;2*1-3-5-7-9-11-13-15-17-19-21-23-25-27-28-26-24-22-20-18-16-14-12-10-8-6-4-2;/h10-11,14-15,17-21H,4-9,12-13,16H2,1-3H3;2*1,3-28H2,2H3;. The smallest absolute Gasteiger partial charge is 0.0654 e. The summed E-state index contributed by atoms with van der Waals surface area (Å²) in [6, 6.07) is 17.4. The Bertz CT molecular complexity index is 1790. The monoisotopic (exact) mass is 1290 g/mol. The minimum Gasteiger partial charge on any atom is -0.0654 e. The Morgan fingerprint density at radius 3 is 0.805 bits per heavy atom. The first-order chi connectivity index (χ1) is 43.1. The first-order valence-corrected chi connectivity index (χ1v) is 41.9. The zero-order chi connectivity index (χ0) is 62.2. The average molecular weight is 1290 g/mol. The molecule has 0 amide bonds. The Labute approximate surface area is 554 Å². The molecule has 0 saturated heterocycles. The number of nitrogens with zero attached hydrogens (tertiary/aromatic N) is 2. The van der Waals surface area contributed by atoms with E-state index in [1.807, 2.05) is 0 Å². The molecule has 2 nitrogen and oxygen atoms in total. The molecule has 1 aliphatic heterocycles. The summed E-state index contributed by atoms with van der Waals surface area (Å²) in [5.74, 6) is 0. The van der Waals surface area contributed by atoms with Crippen LogP contribution < -0.4 is 0 Å². The summed E-state index contributed by atoms with van der Waals surface area (Å²) in [6.07, 6.45) is 89.9. The van der Waals surface area contributed by atoms with E-state index in [-0.39, 0.29) is 0 Å². The van der Waals surface area contributed by atoms with Crippen molar-refractivity contribution < 1.29 is 22.7 Å². The summed E-state index contributed by atoms with van der Waals surface area (Å²) >= 11 is 1.05. The van der Waals surface area contributed by atoms with Crippen molar-refractivity contribution in [2.75, 3.05) is 0 Å². The van der Waals surface area contributed by atoms with Gasteiger partial charge in [0.15, 0.2) is 0 Å². The van der Waals surface area contributed by atoms with Gasteiger partial charge in [-0.1, -0.05) is 271 Å². The molecule has 0 aromatic heterocycles. The quantitative estimate of drug-likeness (QED) is 0.0358. The summed E-state index contributed by atoms with van der Waals surface area (Å²) in [5, 5.41) is 0. The first-order valence-electron chi connectivity index (χ1n) is 39.7. The van der Waals surface area contributed by atoms with E-state index in [1.54, 1.807) is 9.79 Å². The molecule has 0 unspecified atom stereocenters. The molecule has 0 spiro atoms. The van der Waals surface area contributed by atoms with Gasteiger partial charge in [0.25, 0.3) is 0 Å². The molecule has 0 radical (unpaired) electrons. The number of rotatable bonds is 65. The topological polar surface area (TPSA) is 25.3 Å². The molecular weight excluding hydrogens is 1140 g/mol. The summed E-state index contributed by atoms with van der Waals surface area (Å²) in [4.78, 5) is 3.10. The molecule has 3 rings (SSSR count). The van der Waals surface area contributed by atoms with Crippen LogP contribution in [0, 0.1) is 0 Å². The molecule has 0 bridgehead atoms. The SMILES string of the molecule is CCCCC1=C(c2cccc(CCCC)c2)[N+](=[N-])C(c2cccc(CCCC)c2)=C1.CCCCCCCCCCCCCCCCCCCCCCCCCCC[CH2][Pd][CH2]CCCCCCCCCCCCCCCCCCCCCCCCCCC. The van der Waals surface area contributed by atoms with Crippen molar-refractivity contribution in [3.8, 4) is 0 Å². The van der Waals surface area contributed by atoms with Crippen molar-refractivity contribution in [2.45, 2.75) is 436 Å². The number of benzene rings is 2. The number of hydrogen-bond acceptors (Lipinski definition) is 0. The van der Waals surface area contributed by atoms with Crippen LogP contribution in [0.3, 0.4) is 0 Å².